The number of amides is 1. The van der Waals surface area contributed by atoms with Gasteiger partial charge >= 0.3 is 0 Å². The first kappa shape index (κ1) is 27.7. The van der Waals surface area contributed by atoms with Crippen LogP contribution < -0.4 is 4.90 Å². The normalized spacial score (nSPS) is 23.7. The van der Waals surface area contributed by atoms with Crippen molar-refractivity contribution in [3.63, 3.8) is 0 Å². The lowest BCUT2D eigenvalue weighted by atomic mass is 9.75. The summed E-state index contributed by atoms with van der Waals surface area (Å²) in [4.78, 5) is 19.5. The van der Waals surface area contributed by atoms with E-state index < -0.39 is 0 Å². The van der Waals surface area contributed by atoms with Crippen LogP contribution in [0.3, 0.4) is 0 Å². The lowest BCUT2D eigenvalue weighted by Crippen LogP contribution is -2.52. The highest BCUT2D eigenvalue weighted by Crippen LogP contribution is 2.38. The summed E-state index contributed by atoms with van der Waals surface area (Å²) >= 11 is 0. The number of hydrogen-bond acceptors (Lipinski definition) is 7. The van der Waals surface area contributed by atoms with E-state index in [0.717, 1.165) is 61.4 Å². The van der Waals surface area contributed by atoms with Crippen LogP contribution in [-0.2, 0) is 15.1 Å². The number of carbonyl (C=O) groups is 1. The maximum absolute atomic E-state index is 12.8. The molecule has 216 valence electrons. The summed E-state index contributed by atoms with van der Waals surface area (Å²) in [5.41, 5.74) is 5.32. The number of nitriles is 1. The maximum atomic E-state index is 12.8. The molecule has 41 heavy (non-hydrogen) atoms. The molecule has 1 N–H and O–H groups in total. The van der Waals surface area contributed by atoms with E-state index in [-0.39, 0.29) is 36.0 Å². The number of hydrogen-bond donors (Lipinski definition) is 1. The second-order valence-corrected chi connectivity index (χ2v) is 11.9. The van der Waals surface area contributed by atoms with Crippen molar-refractivity contribution >= 4 is 17.1 Å². The second kappa shape index (κ2) is 11.4. The molecule has 2 aromatic heterocycles. The van der Waals surface area contributed by atoms with Crippen LogP contribution in [0.1, 0.15) is 38.2 Å². The molecule has 2 saturated heterocycles. The van der Waals surface area contributed by atoms with Crippen molar-refractivity contribution in [1.29, 1.82) is 5.26 Å². The van der Waals surface area contributed by atoms with Gasteiger partial charge in [-0.3, -0.25) is 9.69 Å². The van der Waals surface area contributed by atoms with Gasteiger partial charge in [0.15, 0.2) is 0 Å². The van der Waals surface area contributed by atoms with E-state index in [1.165, 1.54) is 5.56 Å². The van der Waals surface area contributed by atoms with Crippen LogP contribution in [0.2, 0.25) is 0 Å². The van der Waals surface area contributed by atoms with Crippen LogP contribution in [0.15, 0.2) is 48.8 Å². The lowest BCUT2D eigenvalue weighted by molar-refractivity contribution is -0.139. The molecule has 0 unspecified atom stereocenters. The molecule has 2 aliphatic heterocycles. The van der Waals surface area contributed by atoms with Crippen LogP contribution in [0.4, 0.5) is 5.69 Å². The molecule has 3 aromatic rings. The van der Waals surface area contributed by atoms with Gasteiger partial charge in [0.05, 0.1) is 29.5 Å². The van der Waals surface area contributed by atoms with Crippen LogP contribution >= 0.6 is 0 Å². The standard InChI is InChI=1S/C32H40N6O3/c1-23(22-39)35-11-8-32(41-2,9-12-35)28-5-3-25(4-6-28)27-19-30-29(7-10-34-38(30)21-27)36-13-15-37(16-14-36)31(40)26-17-24(18-26)20-33/h3-7,10,19,21,23-24,26,39H,8-9,11-18,22H2,1-2H3/t23-,24-,26-/m1/s1. The Bertz CT molecular complexity index is 1410. The summed E-state index contributed by atoms with van der Waals surface area (Å²) < 4.78 is 8.06. The Hall–Kier alpha value is -3.45. The zero-order chi connectivity index (χ0) is 28.6. The van der Waals surface area contributed by atoms with Gasteiger partial charge in [0.2, 0.25) is 5.91 Å². The predicted molar refractivity (Wildman–Crippen MR) is 157 cm³/mol. The molecular weight excluding hydrogens is 516 g/mol. The molecular formula is C32H40N6O3. The number of ether oxygens (including phenoxy) is 1. The molecule has 0 bridgehead atoms. The fourth-order valence-corrected chi connectivity index (χ4v) is 6.79. The number of piperidine rings is 1. The Kier molecular flexibility index (Phi) is 7.73. The summed E-state index contributed by atoms with van der Waals surface area (Å²) in [6.07, 6.45) is 7.14. The topological polar surface area (TPSA) is 97.3 Å². The van der Waals surface area contributed by atoms with Gasteiger partial charge in [0.25, 0.3) is 0 Å². The number of fused-ring (bicyclic) bond motifs is 1. The number of likely N-dealkylation sites (tertiary alicyclic amines) is 1. The van der Waals surface area contributed by atoms with Crippen molar-refractivity contribution < 1.29 is 14.6 Å². The van der Waals surface area contributed by atoms with E-state index in [2.05, 4.69) is 70.5 Å². The van der Waals surface area contributed by atoms with Crippen molar-refractivity contribution in [2.24, 2.45) is 11.8 Å². The first-order valence-electron chi connectivity index (χ1n) is 14.9. The molecule has 9 heteroatoms. The molecule has 4 heterocycles. The van der Waals surface area contributed by atoms with Gasteiger partial charge in [-0.05, 0) is 55.9 Å². The molecule has 1 atom stereocenters. The average Bonchev–Trinajstić information content (AvgIpc) is 3.45. The number of rotatable bonds is 7. The monoisotopic (exact) mass is 556 g/mol. The third kappa shape index (κ3) is 5.21. The number of benzene rings is 1. The minimum absolute atomic E-state index is 0.0277. The summed E-state index contributed by atoms with van der Waals surface area (Å²) in [6, 6.07) is 15.4. The zero-order valence-corrected chi connectivity index (χ0v) is 24.1. The fourth-order valence-electron chi connectivity index (χ4n) is 6.79. The highest BCUT2D eigenvalue weighted by atomic mass is 16.5. The highest BCUT2D eigenvalue weighted by molar-refractivity contribution is 5.82. The van der Waals surface area contributed by atoms with E-state index in [4.69, 9.17) is 10.00 Å². The summed E-state index contributed by atoms with van der Waals surface area (Å²) in [6.45, 7) is 7.02. The predicted octanol–water partition coefficient (Wildman–Crippen LogP) is 3.52. The minimum atomic E-state index is -0.302. The number of anilines is 1. The third-order valence-electron chi connectivity index (χ3n) is 9.72. The van der Waals surface area contributed by atoms with Crippen molar-refractivity contribution in [2.45, 2.75) is 44.2 Å². The Labute approximate surface area is 241 Å². The lowest BCUT2D eigenvalue weighted by Gasteiger charge is -2.43. The molecule has 3 aliphatic rings. The number of piperazine rings is 1. The zero-order valence-electron chi connectivity index (χ0n) is 24.1. The van der Waals surface area contributed by atoms with Crippen LogP contribution in [0.25, 0.3) is 16.6 Å². The van der Waals surface area contributed by atoms with E-state index >= 15 is 0 Å². The van der Waals surface area contributed by atoms with Gasteiger partial charge in [0.1, 0.15) is 0 Å². The summed E-state index contributed by atoms with van der Waals surface area (Å²) in [7, 11) is 1.81. The molecule has 0 radical (unpaired) electrons. The van der Waals surface area contributed by atoms with E-state index in [0.29, 0.717) is 25.9 Å². The molecule has 1 aliphatic carbocycles. The van der Waals surface area contributed by atoms with Crippen molar-refractivity contribution in [1.82, 2.24) is 19.4 Å². The van der Waals surface area contributed by atoms with Gasteiger partial charge in [-0.1, -0.05) is 24.3 Å². The number of carbonyl (C=O) groups excluding carboxylic acids is 1. The van der Waals surface area contributed by atoms with E-state index in [9.17, 15) is 9.90 Å². The SMILES string of the molecule is COC1(c2ccc(-c3cc4c(N5CCN(C(=O)[C@H]6C[C@H](C#N)C6)CC5)ccnn4c3)cc2)CCN([C@H](C)CO)CC1. The van der Waals surface area contributed by atoms with Gasteiger partial charge in [0, 0.05) is 82.2 Å². The van der Waals surface area contributed by atoms with Gasteiger partial charge < -0.3 is 19.6 Å². The fraction of sp³-hybridized carbons (Fsp3) is 0.531. The van der Waals surface area contributed by atoms with Gasteiger partial charge in [-0.15, -0.1) is 0 Å². The number of nitrogens with zero attached hydrogens (tertiary/aromatic N) is 6. The highest BCUT2D eigenvalue weighted by Gasteiger charge is 2.38. The van der Waals surface area contributed by atoms with Gasteiger partial charge in [-0.25, -0.2) is 4.52 Å². The van der Waals surface area contributed by atoms with Gasteiger partial charge in [-0.2, -0.15) is 10.4 Å². The Morgan fingerprint density at radius 3 is 2.44 bits per heavy atom. The quantitative estimate of drug-likeness (QED) is 0.476. The number of aliphatic hydroxyl groups is 1. The van der Waals surface area contributed by atoms with Crippen molar-refractivity contribution in [2.75, 3.05) is 57.9 Å². The molecule has 1 amide bonds. The van der Waals surface area contributed by atoms with Crippen LogP contribution in [0, 0.1) is 23.2 Å². The number of aromatic nitrogens is 2. The second-order valence-electron chi connectivity index (χ2n) is 11.9. The summed E-state index contributed by atoms with van der Waals surface area (Å²) in [5, 5.41) is 23.2. The molecule has 9 nitrogen and oxygen atoms in total. The maximum Gasteiger partial charge on any atom is 0.225 e. The van der Waals surface area contributed by atoms with Crippen molar-refractivity contribution in [3.05, 3.63) is 54.4 Å². The smallest absolute Gasteiger partial charge is 0.225 e. The molecule has 0 spiro atoms. The Morgan fingerprint density at radius 2 is 1.80 bits per heavy atom. The number of aliphatic hydroxyl groups excluding tert-OH is 1. The Balaban J connectivity index is 1.14. The Morgan fingerprint density at radius 1 is 1.10 bits per heavy atom. The third-order valence-corrected chi connectivity index (χ3v) is 9.72. The molecule has 6 rings (SSSR count). The largest absolute Gasteiger partial charge is 0.395 e. The minimum Gasteiger partial charge on any atom is -0.395 e. The molecule has 1 aromatic carbocycles. The first-order chi connectivity index (χ1) is 19.9. The van der Waals surface area contributed by atoms with Crippen LogP contribution in [-0.4, -0.2) is 89.5 Å². The summed E-state index contributed by atoms with van der Waals surface area (Å²) in [5.74, 6) is 0.292. The first-order valence-corrected chi connectivity index (χ1v) is 14.9. The number of methoxy groups -OCH3 is 1. The van der Waals surface area contributed by atoms with E-state index in [1.54, 1.807) is 7.11 Å². The van der Waals surface area contributed by atoms with E-state index in [1.807, 2.05) is 15.6 Å². The van der Waals surface area contributed by atoms with Crippen LogP contribution in [0.5, 0.6) is 0 Å². The molecule has 3 fully saturated rings. The average molecular weight is 557 g/mol. The molecule has 1 saturated carbocycles. The van der Waals surface area contributed by atoms with Crippen molar-refractivity contribution in [3.8, 4) is 17.2 Å².